The zero-order valence-electron chi connectivity index (χ0n) is 23.8. The number of ether oxygens (including phenoxy) is 1. The summed E-state index contributed by atoms with van der Waals surface area (Å²) >= 11 is 1.47. The topological polar surface area (TPSA) is 96.0 Å². The van der Waals surface area contributed by atoms with Crippen LogP contribution in [0.5, 0.6) is 5.75 Å². The van der Waals surface area contributed by atoms with Crippen molar-refractivity contribution < 1.29 is 27.1 Å². The minimum atomic E-state index is -4.22. The Morgan fingerprint density at radius 3 is 2.17 bits per heavy atom. The van der Waals surface area contributed by atoms with E-state index in [2.05, 4.69) is 5.32 Å². The summed E-state index contributed by atoms with van der Waals surface area (Å²) in [4.78, 5) is 29.0. The van der Waals surface area contributed by atoms with Gasteiger partial charge in [-0.05, 0) is 88.5 Å². The highest BCUT2D eigenvalue weighted by Gasteiger charge is 2.33. The Morgan fingerprint density at radius 1 is 0.976 bits per heavy atom. The number of nitrogens with zero attached hydrogens (tertiary/aromatic N) is 2. The Hall–Kier alpha value is -3.57. The summed E-state index contributed by atoms with van der Waals surface area (Å²) in [6.45, 7) is 6.54. The Kier molecular flexibility index (Phi) is 11.2. The third kappa shape index (κ3) is 8.23. The van der Waals surface area contributed by atoms with Gasteiger partial charge < -0.3 is 15.0 Å². The van der Waals surface area contributed by atoms with Crippen LogP contribution in [0, 0.1) is 5.82 Å². The quantitative estimate of drug-likeness (QED) is 0.275. The van der Waals surface area contributed by atoms with Gasteiger partial charge in [-0.25, -0.2) is 12.8 Å². The lowest BCUT2D eigenvalue weighted by atomic mass is 10.1. The van der Waals surface area contributed by atoms with E-state index < -0.39 is 40.2 Å². The highest BCUT2D eigenvalue weighted by Crippen LogP contribution is 2.28. The Balaban J connectivity index is 2.05. The standard InChI is InChI=1S/C30H36FN3O5S2/c1-6-39-25-13-11-24(12-14-25)34(41(37,38)27-17-15-26(40-5)16-18-27)20-29(35)33(22(4)30(36)32-21(2)3)19-23-9-7-8-10-28(23)31/h7-18,21-22H,6,19-20H2,1-5H3,(H,32,36)/t22-/m0/s1. The van der Waals surface area contributed by atoms with E-state index in [-0.39, 0.29) is 28.7 Å². The average Bonchev–Trinajstić information content (AvgIpc) is 2.95. The van der Waals surface area contributed by atoms with Crippen LogP contribution >= 0.6 is 11.8 Å². The first-order valence-corrected chi connectivity index (χ1v) is 15.9. The molecule has 0 aliphatic rings. The van der Waals surface area contributed by atoms with Crippen molar-refractivity contribution in [3.05, 3.63) is 84.2 Å². The molecule has 0 saturated heterocycles. The van der Waals surface area contributed by atoms with Crippen molar-refractivity contribution in [3.8, 4) is 5.75 Å². The first kappa shape index (κ1) is 32.0. The van der Waals surface area contributed by atoms with E-state index in [1.807, 2.05) is 13.2 Å². The van der Waals surface area contributed by atoms with Crippen molar-refractivity contribution in [3.63, 3.8) is 0 Å². The molecule has 0 heterocycles. The summed E-state index contributed by atoms with van der Waals surface area (Å²) in [7, 11) is -4.22. The molecule has 0 aromatic heterocycles. The second kappa shape index (κ2) is 14.4. The Morgan fingerprint density at radius 2 is 1.61 bits per heavy atom. The van der Waals surface area contributed by atoms with Crippen LogP contribution in [0.15, 0.2) is 82.6 Å². The number of hydrogen-bond acceptors (Lipinski definition) is 6. The van der Waals surface area contributed by atoms with Crippen LogP contribution in [-0.4, -0.2) is 56.6 Å². The molecule has 3 rings (SSSR count). The summed E-state index contributed by atoms with van der Waals surface area (Å²) in [5.74, 6) is -1.10. The molecular formula is C30H36FN3O5S2. The van der Waals surface area contributed by atoms with Gasteiger partial charge in [-0.2, -0.15) is 0 Å². The van der Waals surface area contributed by atoms with E-state index >= 15 is 0 Å². The number of rotatable bonds is 13. The van der Waals surface area contributed by atoms with Crippen LogP contribution in [0.2, 0.25) is 0 Å². The zero-order valence-corrected chi connectivity index (χ0v) is 25.5. The van der Waals surface area contributed by atoms with Crippen LogP contribution in [0.4, 0.5) is 10.1 Å². The van der Waals surface area contributed by atoms with Gasteiger partial charge in [0, 0.05) is 23.0 Å². The monoisotopic (exact) mass is 601 g/mol. The van der Waals surface area contributed by atoms with Gasteiger partial charge in [-0.15, -0.1) is 11.8 Å². The number of benzene rings is 3. The number of hydrogen-bond donors (Lipinski definition) is 1. The van der Waals surface area contributed by atoms with Gasteiger partial charge in [0.25, 0.3) is 10.0 Å². The average molecular weight is 602 g/mol. The van der Waals surface area contributed by atoms with Crippen molar-refractivity contribution in [1.82, 2.24) is 10.2 Å². The molecule has 0 fully saturated rings. The van der Waals surface area contributed by atoms with Crippen LogP contribution < -0.4 is 14.4 Å². The van der Waals surface area contributed by atoms with Crippen LogP contribution in [0.1, 0.15) is 33.3 Å². The summed E-state index contributed by atoms with van der Waals surface area (Å²) in [6.07, 6.45) is 1.88. The number of amides is 2. The number of carbonyl (C=O) groups excluding carboxylic acids is 2. The van der Waals surface area contributed by atoms with Crippen molar-refractivity contribution in [2.75, 3.05) is 23.7 Å². The molecule has 3 aromatic rings. The minimum absolute atomic E-state index is 0.00300. The molecule has 0 bridgehead atoms. The second-order valence-corrected chi connectivity index (χ2v) is 12.3. The van der Waals surface area contributed by atoms with Crippen LogP contribution in [0.25, 0.3) is 0 Å². The fourth-order valence-corrected chi connectivity index (χ4v) is 5.90. The van der Waals surface area contributed by atoms with Gasteiger partial charge in [-0.3, -0.25) is 13.9 Å². The van der Waals surface area contributed by atoms with Gasteiger partial charge in [0.2, 0.25) is 11.8 Å². The Bertz CT molecular complexity index is 1430. The molecule has 0 saturated carbocycles. The minimum Gasteiger partial charge on any atom is -0.494 e. The van der Waals surface area contributed by atoms with E-state index in [1.54, 1.807) is 56.3 Å². The number of anilines is 1. The molecule has 0 spiro atoms. The lowest BCUT2D eigenvalue weighted by Crippen LogP contribution is -2.52. The maximum atomic E-state index is 14.6. The molecule has 220 valence electrons. The zero-order chi connectivity index (χ0) is 30.2. The summed E-state index contributed by atoms with van der Waals surface area (Å²) in [5, 5.41) is 2.77. The molecule has 0 aliphatic heterocycles. The van der Waals surface area contributed by atoms with E-state index in [4.69, 9.17) is 4.74 Å². The molecule has 41 heavy (non-hydrogen) atoms. The van der Waals surface area contributed by atoms with E-state index in [0.717, 1.165) is 9.20 Å². The third-order valence-electron chi connectivity index (χ3n) is 6.26. The lowest BCUT2D eigenvalue weighted by Gasteiger charge is -2.32. The molecule has 1 N–H and O–H groups in total. The first-order chi connectivity index (χ1) is 19.5. The maximum Gasteiger partial charge on any atom is 0.264 e. The van der Waals surface area contributed by atoms with E-state index in [1.165, 1.54) is 53.9 Å². The number of nitrogens with one attached hydrogen (secondary N) is 1. The first-order valence-electron chi connectivity index (χ1n) is 13.2. The lowest BCUT2D eigenvalue weighted by molar-refractivity contribution is -0.139. The van der Waals surface area contributed by atoms with Gasteiger partial charge in [-0.1, -0.05) is 18.2 Å². The van der Waals surface area contributed by atoms with Crippen molar-refractivity contribution in [2.24, 2.45) is 0 Å². The normalized spacial score (nSPS) is 12.1. The highest BCUT2D eigenvalue weighted by atomic mass is 32.2. The molecule has 3 aromatic carbocycles. The number of halogens is 1. The molecule has 0 aliphatic carbocycles. The molecule has 0 unspecified atom stereocenters. The largest absolute Gasteiger partial charge is 0.494 e. The summed E-state index contributed by atoms with van der Waals surface area (Å²) in [6, 6.07) is 17.5. The van der Waals surface area contributed by atoms with Crippen molar-refractivity contribution >= 4 is 39.3 Å². The summed E-state index contributed by atoms with van der Waals surface area (Å²) < 4.78 is 49.0. The Labute approximate surface area is 245 Å². The van der Waals surface area contributed by atoms with Crippen molar-refractivity contribution in [2.45, 2.75) is 56.1 Å². The van der Waals surface area contributed by atoms with Crippen LogP contribution in [0.3, 0.4) is 0 Å². The van der Waals surface area contributed by atoms with Crippen LogP contribution in [-0.2, 0) is 26.2 Å². The highest BCUT2D eigenvalue weighted by molar-refractivity contribution is 7.98. The fourth-order valence-electron chi connectivity index (χ4n) is 4.08. The molecule has 8 nitrogen and oxygen atoms in total. The molecule has 1 atom stereocenters. The number of carbonyl (C=O) groups is 2. The van der Waals surface area contributed by atoms with Gasteiger partial charge in [0.1, 0.15) is 24.2 Å². The van der Waals surface area contributed by atoms with Crippen molar-refractivity contribution in [1.29, 1.82) is 0 Å². The smallest absolute Gasteiger partial charge is 0.264 e. The van der Waals surface area contributed by atoms with E-state index in [9.17, 15) is 22.4 Å². The number of thioether (sulfide) groups is 1. The predicted molar refractivity (Wildman–Crippen MR) is 160 cm³/mol. The van der Waals surface area contributed by atoms with Gasteiger partial charge in [0.05, 0.1) is 17.2 Å². The van der Waals surface area contributed by atoms with Gasteiger partial charge in [0.15, 0.2) is 0 Å². The van der Waals surface area contributed by atoms with E-state index in [0.29, 0.717) is 12.4 Å². The van der Waals surface area contributed by atoms with Gasteiger partial charge >= 0.3 is 0 Å². The number of sulfonamides is 1. The fraction of sp³-hybridized carbons (Fsp3) is 0.333. The maximum absolute atomic E-state index is 14.6. The third-order valence-corrected chi connectivity index (χ3v) is 8.79. The predicted octanol–water partition coefficient (Wildman–Crippen LogP) is 5.08. The molecule has 0 radical (unpaired) electrons. The SMILES string of the molecule is CCOc1ccc(N(CC(=O)N(Cc2ccccc2F)[C@@H](C)C(=O)NC(C)C)S(=O)(=O)c2ccc(SC)cc2)cc1. The molecule has 2 amide bonds. The second-order valence-electron chi connectivity index (χ2n) is 9.57. The summed E-state index contributed by atoms with van der Waals surface area (Å²) in [5.41, 5.74) is 0.439. The molecular weight excluding hydrogens is 565 g/mol. The molecule has 11 heteroatoms.